The van der Waals surface area contributed by atoms with E-state index in [9.17, 15) is 19.5 Å². The maximum absolute atomic E-state index is 11.6. The summed E-state index contributed by atoms with van der Waals surface area (Å²) in [6, 6.07) is -0.992. The highest BCUT2D eigenvalue weighted by Crippen LogP contribution is 2.06. The molecule has 0 unspecified atom stereocenters. The van der Waals surface area contributed by atoms with E-state index in [-0.39, 0.29) is 25.2 Å². The summed E-state index contributed by atoms with van der Waals surface area (Å²) in [4.78, 5) is 33.7. The number of ether oxygens (including phenoxy) is 1. The van der Waals surface area contributed by atoms with Crippen LogP contribution >= 0.6 is 0 Å². The summed E-state index contributed by atoms with van der Waals surface area (Å²) >= 11 is 0. The maximum atomic E-state index is 11.6. The number of nitrogens with one attached hydrogen (secondary N) is 1. The Bertz CT molecular complexity index is 330. The van der Waals surface area contributed by atoms with Gasteiger partial charge in [0.2, 0.25) is 11.8 Å². The molecule has 0 saturated heterocycles. The highest BCUT2D eigenvalue weighted by atomic mass is 16.5. The Hall–Kier alpha value is -1.63. The van der Waals surface area contributed by atoms with Gasteiger partial charge in [-0.2, -0.15) is 0 Å². The van der Waals surface area contributed by atoms with Crippen LogP contribution in [0.25, 0.3) is 0 Å². The molecule has 7 nitrogen and oxygen atoms in total. The number of nitrogens with two attached hydrogens (primary N) is 1. The van der Waals surface area contributed by atoms with Crippen LogP contribution in [-0.4, -0.2) is 42.1 Å². The number of carbonyl (C=O) groups excluding carboxylic acids is 3. The lowest BCUT2D eigenvalue weighted by molar-refractivity contribution is -0.141. The maximum Gasteiger partial charge on any atom is 0.305 e. The fraction of sp³-hybridized carbons (Fsp3) is 0.750. The van der Waals surface area contributed by atoms with E-state index in [0.29, 0.717) is 0 Å². The highest BCUT2D eigenvalue weighted by Gasteiger charge is 2.23. The molecule has 0 fully saturated rings. The standard InChI is InChI=1S/C12H22N2O5/c1-7(2)6-9(15)12(18)14-8(11(13)17)4-5-10(16)19-3/h7-9,15H,4-6H2,1-3H3,(H2,13,17)(H,14,18)/t8-,9-/m1/s1. The van der Waals surface area contributed by atoms with Crippen LogP contribution < -0.4 is 11.1 Å². The first kappa shape index (κ1) is 17.4. The van der Waals surface area contributed by atoms with Crippen molar-refractivity contribution in [3.05, 3.63) is 0 Å². The second-order valence-electron chi connectivity index (χ2n) is 4.72. The van der Waals surface area contributed by atoms with Crippen molar-refractivity contribution in [3.8, 4) is 0 Å². The van der Waals surface area contributed by atoms with Crippen molar-refractivity contribution in [3.63, 3.8) is 0 Å². The van der Waals surface area contributed by atoms with E-state index in [1.54, 1.807) is 0 Å². The normalized spacial score (nSPS) is 13.7. The number of carbonyl (C=O) groups is 3. The van der Waals surface area contributed by atoms with Crippen LogP contribution in [-0.2, 0) is 19.1 Å². The average Bonchev–Trinajstić information content (AvgIpc) is 2.32. The monoisotopic (exact) mass is 274 g/mol. The molecule has 0 aliphatic heterocycles. The number of amides is 2. The lowest BCUT2D eigenvalue weighted by Crippen LogP contribution is -2.48. The van der Waals surface area contributed by atoms with Gasteiger partial charge in [0.25, 0.3) is 0 Å². The molecule has 4 N–H and O–H groups in total. The zero-order chi connectivity index (χ0) is 15.0. The number of hydrogen-bond acceptors (Lipinski definition) is 5. The SMILES string of the molecule is COC(=O)CC[C@@H](NC(=O)[C@H](O)CC(C)C)C(N)=O. The molecule has 2 amide bonds. The second kappa shape index (κ2) is 8.47. The Labute approximate surface area is 112 Å². The predicted molar refractivity (Wildman–Crippen MR) is 67.8 cm³/mol. The molecule has 0 radical (unpaired) electrons. The van der Waals surface area contributed by atoms with Crippen LogP contribution in [0.1, 0.15) is 33.1 Å². The summed E-state index contributed by atoms with van der Waals surface area (Å²) in [5.41, 5.74) is 5.13. The number of rotatable bonds is 8. The molecule has 0 aromatic carbocycles. The minimum Gasteiger partial charge on any atom is -0.469 e. The second-order valence-corrected chi connectivity index (χ2v) is 4.72. The van der Waals surface area contributed by atoms with Gasteiger partial charge in [-0.05, 0) is 18.8 Å². The van der Waals surface area contributed by atoms with Gasteiger partial charge in [-0.1, -0.05) is 13.8 Å². The largest absolute Gasteiger partial charge is 0.469 e. The summed E-state index contributed by atoms with van der Waals surface area (Å²) in [6.07, 6.45) is -0.902. The predicted octanol–water partition coefficient (Wildman–Crippen LogP) is -0.683. The molecule has 0 aromatic heterocycles. The van der Waals surface area contributed by atoms with Crippen LogP contribution in [0.4, 0.5) is 0 Å². The van der Waals surface area contributed by atoms with E-state index >= 15 is 0 Å². The molecular weight excluding hydrogens is 252 g/mol. The van der Waals surface area contributed by atoms with E-state index in [2.05, 4.69) is 10.1 Å². The van der Waals surface area contributed by atoms with Crippen molar-refractivity contribution in [2.75, 3.05) is 7.11 Å². The van der Waals surface area contributed by atoms with E-state index in [0.717, 1.165) is 0 Å². The molecule has 0 aliphatic rings. The molecule has 0 aliphatic carbocycles. The first-order chi connectivity index (χ1) is 8.77. The summed E-state index contributed by atoms with van der Waals surface area (Å²) in [6.45, 7) is 3.72. The molecule has 2 atom stereocenters. The van der Waals surface area contributed by atoms with Gasteiger partial charge in [0.05, 0.1) is 7.11 Å². The van der Waals surface area contributed by atoms with Gasteiger partial charge in [0.1, 0.15) is 12.1 Å². The number of aliphatic hydroxyl groups excluding tert-OH is 1. The fourth-order valence-electron chi connectivity index (χ4n) is 1.47. The smallest absolute Gasteiger partial charge is 0.305 e. The Morgan fingerprint density at radius 1 is 1.32 bits per heavy atom. The van der Waals surface area contributed by atoms with Crippen molar-refractivity contribution < 1.29 is 24.2 Å². The molecule has 7 heteroatoms. The molecule has 0 rings (SSSR count). The minimum absolute atomic E-state index is 0.0370. The topological polar surface area (TPSA) is 119 Å². The lowest BCUT2D eigenvalue weighted by atomic mass is 10.0. The van der Waals surface area contributed by atoms with Crippen molar-refractivity contribution in [2.24, 2.45) is 11.7 Å². The molecule has 19 heavy (non-hydrogen) atoms. The number of methoxy groups -OCH3 is 1. The molecule has 0 heterocycles. The number of primary amides is 1. The van der Waals surface area contributed by atoms with Crippen molar-refractivity contribution in [1.82, 2.24) is 5.32 Å². The summed E-state index contributed by atoms with van der Waals surface area (Å²) in [5.74, 6) is -1.78. The molecular formula is C12H22N2O5. The van der Waals surface area contributed by atoms with Gasteiger partial charge < -0.3 is 20.9 Å². The van der Waals surface area contributed by atoms with E-state index in [1.807, 2.05) is 13.8 Å². The lowest BCUT2D eigenvalue weighted by Gasteiger charge is -2.18. The number of hydrogen-bond donors (Lipinski definition) is 3. The van der Waals surface area contributed by atoms with E-state index in [4.69, 9.17) is 5.73 Å². The van der Waals surface area contributed by atoms with Gasteiger partial charge in [0.15, 0.2) is 0 Å². The van der Waals surface area contributed by atoms with Crippen LogP contribution in [0.15, 0.2) is 0 Å². The zero-order valence-electron chi connectivity index (χ0n) is 11.5. The molecule has 110 valence electrons. The van der Waals surface area contributed by atoms with Gasteiger partial charge in [-0.3, -0.25) is 14.4 Å². The minimum atomic E-state index is -1.19. The van der Waals surface area contributed by atoms with Crippen LogP contribution in [0.3, 0.4) is 0 Å². The summed E-state index contributed by atoms with van der Waals surface area (Å²) in [5, 5.41) is 11.9. The highest BCUT2D eigenvalue weighted by molar-refractivity contribution is 5.88. The fourth-order valence-corrected chi connectivity index (χ4v) is 1.47. The van der Waals surface area contributed by atoms with Crippen LogP contribution in [0.5, 0.6) is 0 Å². The zero-order valence-corrected chi connectivity index (χ0v) is 11.5. The van der Waals surface area contributed by atoms with Gasteiger partial charge in [-0.15, -0.1) is 0 Å². The average molecular weight is 274 g/mol. The van der Waals surface area contributed by atoms with Gasteiger partial charge in [0, 0.05) is 6.42 Å². The third kappa shape index (κ3) is 7.40. The van der Waals surface area contributed by atoms with Crippen molar-refractivity contribution >= 4 is 17.8 Å². The van der Waals surface area contributed by atoms with Crippen molar-refractivity contribution in [2.45, 2.75) is 45.3 Å². The Morgan fingerprint density at radius 2 is 1.89 bits per heavy atom. The third-order valence-corrected chi connectivity index (χ3v) is 2.52. The number of aliphatic hydroxyl groups is 1. The van der Waals surface area contributed by atoms with E-state index in [1.165, 1.54) is 7.11 Å². The van der Waals surface area contributed by atoms with Crippen molar-refractivity contribution in [1.29, 1.82) is 0 Å². The first-order valence-corrected chi connectivity index (χ1v) is 6.12. The first-order valence-electron chi connectivity index (χ1n) is 6.12. The Kier molecular flexibility index (Phi) is 7.74. The Morgan fingerprint density at radius 3 is 2.32 bits per heavy atom. The summed E-state index contributed by atoms with van der Waals surface area (Å²) in [7, 11) is 1.23. The molecule has 0 aromatic rings. The third-order valence-electron chi connectivity index (χ3n) is 2.52. The number of esters is 1. The van der Waals surface area contributed by atoms with Crippen LogP contribution in [0.2, 0.25) is 0 Å². The van der Waals surface area contributed by atoms with Gasteiger partial charge in [-0.25, -0.2) is 0 Å². The Balaban J connectivity index is 4.37. The van der Waals surface area contributed by atoms with E-state index < -0.39 is 29.9 Å². The molecule has 0 spiro atoms. The molecule has 0 saturated carbocycles. The molecule has 0 bridgehead atoms. The van der Waals surface area contributed by atoms with Crippen LogP contribution in [0, 0.1) is 5.92 Å². The quantitative estimate of drug-likeness (QED) is 0.506. The van der Waals surface area contributed by atoms with Gasteiger partial charge >= 0.3 is 5.97 Å². The summed E-state index contributed by atoms with van der Waals surface area (Å²) < 4.78 is 4.43.